The molecule has 6 heteroatoms. The third-order valence-corrected chi connectivity index (χ3v) is 6.05. The third kappa shape index (κ3) is 5.19. The van der Waals surface area contributed by atoms with Gasteiger partial charge in [0.05, 0.1) is 19.6 Å². The maximum atomic E-state index is 13.1. The van der Waals surface area contributed by atoms with Crippen LogP contribution in [0.2, 0.25) is 0 Å². The smallest absolute Gasteiger partial charge is 0.232 e. The van der Waals surface area contributed by atoms with Crippen molar-refractivity contribution in [2.45, 2.75) is 32.1 Å². The van der Waals surface area contributed by atoms with E-state index in [1.165, 1.54) is 0 Å². The molecule has 2 aromatic carbocycles. The van der Waals surface area contributed by atoms with Crippen LogP contribution in [0.4, 0.5) is 0 Å². The average Bonchev–Trinajstić information content (AvgIpc) is 2.82. The summed E-state index contributed by atoms with van der Waals surface area (Å²) >= 11 is 0. The molecule has 0 aromatic heterocycles. The minimum Gasteiger partial charge on any atom is -0.497 e. The summed E-state index contributed by atoms with van der Waals surface area (Å²) in [7, 11) is 3.25. The Hall–Kier alpha value is -3.02. The van der Waals surface area contributed by atoms with Gasteiger partial charge in [0.1, 0.15) is 11.5 Å². The summed E-state index contributed by atoms with van der Waals surface area (Å²) in [5, 5.41) is 0. The molecule has 0 N–H and O–H groups in total. The molecule has 1 aliphatic heterocycles. The van der Waals surface area contributed by atoms with Gasteiger partial charge in [-0.25, -0.2) is 0 Å². The summed E-state index contributed by atoms with van der Waals surface area (Å²) in [5.41, 5.74) is 1.37. The highest BCUT2D eigenvalue weighted by Crippen LogP contribution is 2.27. The first-order valence-electron chi connectivity index (χ1n) is 10.7. The van der Waals surface area contributed by atoms with Crippen LogP contribution in [-0.4, -0.2) is 62.0 Å². The highest BCUT2D eigenvalue weighted by molar-refractivity contribution is 5.87. The summed E-state index contributed by atoms with van der Waals surface area (Å²) in [5.74, 6) is 1.70. The van der Waals surface area contributed by atoms with Crippen LogP contribution in [0.25, 0.3) is 0 Å². The van der Waals surface area contributed by atoms with Crippen molar-refractivity contribution in [3.05, 3.63) is 59.7 Å². The number of piperazine rings is 1. The topological polar surface area (TPSA) is 59.1 Å². The second-order valence-corrected chi connectivity index (χ2v) is 8.34. The maximum absolute atomic E-state index is 13.1. The van der Waals surface area contributed by atoms with Gasteiger partial charge in [-0.15, -0.1) is 0 Å². The molecule has 0 unspecified atom stereocenters. The van der Waals surface area contributed by atoms with Crippen molar-refractivity contribution in [3.63, 3.8) is 0 Å². The summed E-state index contributed by atoms with van der Waals surface area (Å²) in [4.78, 5) is 29.6. The standard InChI is InChI=1S/C25H32N2O4/c1-25(2,20-8-6-5-7-9-20)24(29)27-16-14-26(15-17-27)23(28)13-10-19-18-21(30-3)11-12-22(19)31-4/h5-9,11-12,18H,10,13-17H2,1-4H3. The molecule has 6 nitrogen and oxygen atoms in total. The van der Waals surface area contributed by atoms with Gasteiger partial charge in [0.2, 0.25) is 11.8 Å². The number of methoxy groups -OCH3 is 2. The zero-order chi connectivity index (χ0) is 22.4. The molecule has 2 aromatic rings. The average molecular weight is 425 g/mol. The van der Waals surface area contributed by atoms with E-state index in [4.69, 9.17) is 9.47 Å². The molecule has 3 rings (SSSR count). The minimum absolute atomic E-state index is 0.0966. The van der Waals surface area contributed by atoms with Crippen LogP contribution in [0.15, 0.2) is 48.5 Å². The van der Waals surface area contributed by atoms with Crippen LogP contribution >= 0.6 is 0 Å². The van der Waals surface area contributed by atoms with Gasteiger partial charge < -0.3 is 19.3 Å². The predicted molar refractivity (Wildman–Crippen MR) is 120 cm³/mol. The molecular weight excluding hydrogens is 392 g/mol. The van der Waals surface area contributed by atoms with Crippen LogP contribution in [0.5, 0.6) is 11.5 Å². The van der Waals surface area contributed by atoms with Crippen molar-refractivity contribution in [3.8, 4) is 11.5 Å². The van der Waals surface area contributed by atoms with E-state index in [0.717, 1.165) is 22.6 Å². The molecule has 31 heavy (non-hydrogen) atoms. The van der Waals surface area contributed by atoms with Crippen molar-refractivity contribution in [2.24, 2.45) is 0 Å². The van der Waals surface area contributed by atoms with E-state index >= 15 is 0 Å². The number of carbonyl (C=O) groups excluding carboxylic acids is 2. The molecule has 2 amide bonds. The Balaban J connectivity index is 1.55. The van der Waals surface area contributed by atoms with Gasteiger partial charge >= 0.3 is 0 Å². The number of hydrogen-bond acceptors (Lipinski definition) is 4. The third-order valence-electron chi connectivity index (χ3n) is 6.05. The molecule has 0 atom stereocenters. The van der Waals surface area contributed by atoms with E-state index in [1.54, 1.807) is 14.2 Å². The van der Waals surface area contributed by atoms with Gasteiger partial charge in [0.15, 0.2) is 0 Å². The van der Waals surface area contributed by atoms with Crippen molar-refractivity contribution >= 4 is 11.8 Å². The summed E-state index contributed by atoms with van der Waals surface area (Å²) in [6, 6.07) is 15.5. The molecule has 1 fully saturated rings. The zero-order valence-electron chi connectivity index (χ0n) is 18.9. The Kier molecular flexibility index (Phi) is 7.21. The Labute approximate surface area is 184 Å². The van der Waals surface area contributed by atoms with Crippen LogP contribution < -0.4 is 9.47 Å². The first-order chi connectivity index (χ1) is 14.9. The maximum Gasteiger partial charge on any atom is 0.232 e. The number of amides is 2. The minimum atomic E-state index is -0.587. The van der Waals surface area contributed by atoms with E-state index in [2.05, 4.69) is 0 Å². The molecule has 1 heterocycles. The van der Waals surface area contributed by atoms with E-state index in [-0.39, 0.29) is 11.8 Å². The lowest BCUT2D eigenvalue weighted by Crippen LogP contribution is -2.54. The van der Waals surface area contributed by atoms with Crippen molar-refractivity contribution in [2.75, 3.05) is 40.4 Å². The number of nitrogens with zero attached hydrogens (tertiary/aromatic N) is 2. The van der Waals surface area contributed by atoms with E-state index < -0.39 is 5.41 Å². The summed E-state index contributed by atoms with van der Waals surface area (Å²) < 4.78 is 10.7. The Morgan fingerprint density at radius 2 is 1.55 bits per heavy atom. The normalized spacial score (nSPS) is 14.3. The highest BCUT2D eigenvalue weighted by Gasteiger charge is 2.35. The lowest BCUT2D eigenvalue weighted by Gasteiger charge is -2.39. The van der Waals surface area contributed by atoms with Gasteiger partial charge in [0.25, 0.3) is 0 Å². The fourth-order valence-corrected chi connectivity index (χ4v) is 4.01. The van der Waals surface area contributed by atoms with Gasteiger partial charge in [-0.05, 0) is 49.6 Å². The largest absolute Gasteiger partial charge is 0.497 e. The monoisotopic (exact) mass is 424 g/mol. The second kappa shape index (κ2) is 9.86. The summed E-state index contributed by atoms with van der Waals surface area (Å²) in [6.45, 7) is 6.16. The Morgan fingerprint density at radius 1 is 0.903 bits per heavy atom. The van der Waals surface area contributed by atoms with Crippen LogP contribution in [-0.2, 0) is 21.4 Å². The van der Waals surface area contributed by atoms with Crippen LogP contribution in [0, 0.1) is 0 Å². The number of hydrogen-bond donors (Lipinski definition) is 0. The van der Waals surface area contributed by atoms with Gasteiger partial charge in [-0.3, -0.25) is 9.59 Å². The first kappa shape index (κ1) is 22.7. The zero-order valence-corrected chi connectivity index (χ0v) is 18.9. The fraction of sp³-hybridized carbons (Fsp3) is 0.440. The van der Waals surface area contributed by atoms with Crippen molar-refractivity contribution < 1.29 is 19.1 Å². The highest BCUT2D eigenvalue weighted by atomic mass is 16.5. The number of aryl methyl sites for hydroxylation is 1. The van der Waals surface area contributed by atoms with E-state index in [1.807, 2.05) is 72.2 Å². The van der Waals surface area contributed by atoms with Crippen LogP contribution in [0.3, 0.4) is 0 Å². The second-order valence-electron chi connectivity index (χ2n) is 8.34. The molecule has 0 spiro atoms. The lowest BCUT2D eigenvalue weighted by atomic mass is 9.83. The van der Waals surface area contributed by atoms with Gasteiger partial charge in [-0.1, -0.05) is 30.3 Å². The fourth-order valence-electron chi connectivity index (χ4n) is 4.01. The number of ether oxygens (including phenoxy) is 2. The first-order valence-corrected chi connectivity index (χ1v) is 10.7. The Bertz CT molecular complexity index is 903. The van der Waals surface area contributed by atoms with Crippen molar-refractivity contribution in [1.29, 1.82) is 0 Å². The number of carbonyl (C=O) groups is 2. The molecule has 0 aliphatic carbocycles. The van der Waals surface area contributed by atoms with Gasteiger partial charge in [-0.2, -0.15) is 0 Å². The molecule has 1 aliphatic rings. The SMILES string of the molecule is COc1ccc(OC)c(CCC(=O)N2CCN(C(=O)C(C)(C)c3ccccc3)CC2)c1. The lowest BCUT2D eigenvalue weighted by molar-refractivity contribution is -0.142. The molecule has 166 valence electrons. The molecular formula is C25H32N2O4. The summed E-state index contributed by atoms with van der Waals surface area (Å²) in [6.07, 6.45) is 0.979. The van der Waals surface area contributed by atoms with Crippen LogP contribution in [0.1, 0.15) is 31.4 Å². The number of rotatable bonds is 7. The molecule has 0 bridgehead atoms. The quantitative estimate of drug-likeness (QED) is 0.684. The molecule has 0 radical (unpaired) electrons. The van der Waals surface area contributed by atoms with E-state index in [0.29, 0.717) is 39.0 Å². The molecule has 0 saturated carbocycles. The Morgan fingerprint density at radius 3 is 2.16 bits per heavy atom. The molecule has 1 saturated heterocycles. The number of benzene rings is 2. The van der Waals surface area contributed by atoms with Gasteiger partial charge in [0, 0.05) is 32.6 Å². The predicted octanol–water partition coefficient (Wildman–Crippen LogP) is 3.29. The van der Waals surface area contributed by atoms with E-state index in [9.17, 15) is 9.59 Å². The van der Waals surface area contributed by atoms with Crippen molar-refractivity contribution in [1.82, 2.24) is 9.80 Å².